The van der Waals surface area contributed by atoms with Gasteiger partial charge in [0.15, 0.2) is 8.67 Å². The molecule has 0 aromatic carbocycles. The first-order valence-electron chi connectivity index (χ1n) is 3.85. The Hall–Kier alpha value is 0.570. The van der Waals surface area contributed by atoms with Gasteiger partial charge in [0, 0.05) is 11.8 Å². The predicted octanol–water partition coefficient (Wildman–Crippen LogP) is 3.11. The van der Waals surface area contributed by atoms with Crippen LogP contribution in [0.2, 0.25) is 0 Å². The Labute approximate surface area is 96.0 Å². The van der Waals surface area contributed by atoms with Crippen LogP contribution in [0.15, 0.2) is 12.2 Å². The van der Waals surface area contributed by atoms with Crippen molar-refractivity contribution in [3.63, 3.8) is 0 Å². The van der Waals surface area contributed by atoms with Crippen molar-refractivity contribution < 1.29 is 4.79 Å². The van der Waals surface area contributed by atoms with Gasteiger partial charge in [-0.05, 0) is 6.42 Å². The minimum Gasteiger partial charge on any atom is -0.293 e. The third-order valence-electron chi connectivity index (χ3n) is 2.62. The summed E-state index contributed by atoms with van der Waals surface area (Å²) in [5.41, 5.74) is 0. The van der Waals surface area contributed by atoms with Crippen molar-refractivity contribution in [1.29, 1.82) is 0 Å². The molecule has 0 aromatic heterocycles. The molecule has 5 heteroatoms. The number of Topliss-reactive ketones (excluding diaryl/α,β-unsaturated/α-hetero) is 1. The Bertz CT molecular complexity index is 269. The summed E-state index contributed by atoms with van der Waals surface area (Å²) in [6.07, 6.45) is 4.27. The largest absolute Gasteiger partial charge is 0.293 e. The number of allylic oxidation sites excluding steroid dienone is 2. The second kappa shape index (κ2) is 2.79. The summed E-state index contributed by atoms with van der Waals surface area (Å²) in [7, 11) is 0. The van der Waals surface area contributed by atoms with E-state index in [1.165, 1.54) is 0 Å². The summed E-state index contributed by atoms with van der Waals surface area (Å²) in [5, 5.41) is 0. The molecule has 0 N–H and O–H groups in total. The van der Waals surface area contributed by atoms with E-state index in [4.69, 9.17) is 46.4 Å². The lowest BCUT2D eigenvalue weighted by Crippen LogP contribution is -2.51. The minimum absolute atomic E-state index is 0.154. The zero-order valence-corrected chi connectivity index (χ0v) is 9.46. The minimum atomic E-state index is -1.47. The van der Waals surface area contributed by atoms with E-state index < -0.39 is 14.4 Å². The predicted molar refractivity (Wildman–Crippen MR) is 54.6 cm³/mol. The molecule has 1 nitrogen and oxygen atoms in total. The van der Waals surface area contributed by atoms with Gasteiger partial charge in [0.1, 0.15) is 0 Å². The maximum atomic E-state index is 11.7. The number of hydrogen-bond donors (Lipinski definition) is 0. The van der Waals surface area contributed by atoms with Crippen LogP contribution in [-0.2, 0) is 4.79 Å². The summed E-state index contributed by atoms with van der Waals surface area (Å²) < 4.78 is -2.93. The van der Waals surface area contributed by atoms with Gasteiger partial charge < -0.3 is 0 Å². The Morgan fingerprint density at radius 2 is 1.46 bits per heavy atom. The maximum Gasteiger partial charge on any atom is 0.205 e. The SMILES string of the molecule is O=C1C(Cl)(Cl)C2C=CC(C2)C1(Cl)Cl. The van der Waals surface area contributed by atoms with Crippen LogP contribution in [0, 0.1) is 11.8 Å². The number of rotatable bonds is 0. The number of fused-ring (bicyclic) bond motifs is 2. The number of halogens is 4. The molecule has 0 aromatic rings. The average molecular weight is 260 g/mol. The van der Waals surface area contributed by atoms with Gasteiger partial charge >= 0.3 is 0 Å². The summed E-state index contributed by atoms with van der Waals surface area (Å²) >= 11 is 23.6. The molecule has 2 aliphatic rings. The molecule has 13 heavy (non-hydrogen) atoms. The third kappa shape index (κ3) is 1.25. The molecule has 1 saturated carbocycles. The molecule has 2 unspecified atom stereocenters. The van der Waals surface area contributed by atoms with Crippen molar-refractivity contribution in [3.8, 4) is 0 Å². The Kier molecular flexibility index (Phi) is 2.17. The monoisotopic (exact) mass is 258 g/mol. The number of hydrogen-bond acceptors (Lipinski definition) is 1. The highest BCUT2D eigenvalue weighted by molar-refractivity contribution is 6.69. The first-order chi connectivity index (χ1) is 5.87. The molecule has 2 bridgehead atoms. The van der Waals surface area contributed by atoms with E-state index in [0.29, 0.717) is 6.42 Å². The normalized spacial score (nSPS) is 39.5. The highest BCUT2D eigenvalue weighted by Gasteiger charge is 2.60. The van der Waals surface area contributed by atoms with E-state index in [1.807, 2.05) is 12.2 Å². The zero-order valence-electron chi connectivity index (χ0n) is 6.44. The molecular weight excluding hydrogens is 254 g/mol. The lowest BCUT2D eigenvalue weighted by molar-refractivity contribution is -0.123. The van der Waals surface area contributed by atoms with E-state index in [1.54, 1.807) is 0 Å². The van der Waals surface area contributed by atoms with Crippen LogP contribution in [0.3, 0.4) is 0 Å². The molecule has 2 rings (SSSR count). The van der Waals surface area contributed by atoms with Crippen molar-refractivity contribution in [2.75, 3.05) is 0 Å². The lowest BCUT2D eigenvalue weighted by atomic mass is 9.85. The molecule has 0 heterocycles. The quantitative estimate of drug-likeness (QED) is 0.483. The van der Waals surface area contributed by atoms with Gasteiger partial charge in [-0.2, -0.15) is 0 Å². The van der Waals surface area contributed by atoms with Gasteiger partial charge in [0.25, 0.3) is 0 Å². The van der Waals surface area contributed by atoms with Crippen molar-refractivity contribution in [3.05, 3.63) is 12.2 Å². The van der Waals surface area contributed by atoms with Gasteiger partial charge in [0.2, 0.25) is 5.78 Å². The third-order valence-corrected chi connectivity index (χ3v) is 4.43. The molecule has 0 saturated heterocycles. The maximum absolute atomic E-state index is 11.7. The Morgan fingerprint density at radius 3 is 1.85 bits per heavy atom. The average Bonchev–Trinajstić information content (AvgIpc) is 2.48. The highest BCUT2D eigenvalue weighted by atomic mass is 35.5. The van der Waals surface area contributed by atoms with Gasteiger partial charge in [-0.1, -0.05) is 58.6 Å². The fraction of sp³-hybridized carbons (Fsp3) is 0.625. The molecule has 72 valence electrons. The Balaban J connectivity index is 2.47. The summed E-state index contributed by atoms with van der Waals surface area (Å²) in [6, 6.07) is 0. The first-order valence-corrected chi connectivity index (χ1v) is 5.37. The van der Waals surface area contributed by atoms with Crippen LogP contribution >= 0.6 is 46.4 Å². The van der Waals surface area contributed by atoms with E-state index >= 15 is 0 Å². The molecule has 1 fully saturated rings. The van der Waals surface area contributed by atoms with E-state index in [2.05, 4.69) is 0 Å². The van der Waals surface area contributed by atoms with Crippen molar-refractivity contribution in [2.24, 2.45) is 11.8 Å². The standard InChI is InChI=1S/C8H6Cl4O/c9-7(10)4-1-2-5(3-4)8(11,12)6(7)13/h1-2,4-5H,3H2. The smallest absolute Gasteiger partial charge is 0.205 e. The van der Waals surface area contributed by atoms with Gasteiger partial charge in [-0.25, -0.2) is 0 Å². The van der Waals surface area contributed by atoms with Crippen LogP contribution < -0.4 is 0 Å². The molecule has 0 aliphatic heterocycles. The molecule has 0 spiro atoms. The van der Waals surface area contributed by atoms with Crippen LogP contribution in [-0.4, -0.2) is 14.4 Å². The number of alkyl halides is 4. The molecule has 2 aliphatic carbocycles. The van der Waals surface area contributed by atoms with Crippen LogP contribution in [0.4, 0.5) is 0 Å². The first kappa shape index (κ1) is 10.1. The Morgan fingerprint density at radius 1 is 1.08 bits per heavy atom. The molecular formula is C8H6Cl4O. The van der Waals surface area contributed by atoms with Crippen LogP contribution in [0.1, 0.15) is 6.42 Å². The molecule has 0 amide bonds. The van der Waals surface area contributed by atoms with E-state index in [0.717, 1.165) is 0 Å². The summed E-state index contributed by atoms with van der Waals surface area (Å²) in [5.74, 6) is -0.809. The fourth-order valence-electron chi connectivity index (χ4n) is 1.80. The topological polar surface area (TPSA) is 17.1 Å². The van der Waals surface area contributed by atoms with E-state index in [-0.39, 0.29) is 11.8 Å². The molecule has 0 radical (unpaired) electrons. The van der Waals surface area contributed by atoms with Gasteiger partial charge in [0.05, 0.1) is 0 Å². The number of ketones is 1. The molecule has 2 atom stereocenters. The van der Waals surface area contributed by atoms with Crippen molar-refractivity contribution in [1.82, 2.24) is 0 Å². The lowest BCUT2D eigenvalue weighted by Gasteiger charge is -2.37. The summed E-state index contributed by atoms with van der Waals surface area (Å²) in [6.45, 7) is 0. The fourth-order valence-corrected chi connectivity index (χ4v) is 3.23. The summed E-state index contributed by atoms with van der Waals surface area (Å²) in [4.78, 5) is 11.7. The van der Waals surface area contributed by atoms with Crippen LogP contribution in [0.5, 0.6) is 0 Å². The number of carbonyl (C=O) groups excluding carboxylic acids is 1. The zero-order chi connectivity index (χ0) is 9.85. The second-order valence-electron chi connectivity index (χ2n) is 3.41. The van der Waals surface area contributed by atoms with E-state index in [9.17, 15) is 4.79 Å². The number of carbonyl (C=O) groups is 1. The van der Waals surface area contributed by atoms with Crippen molar-refractivity contribution in [2.45, 2.75) is 15.1 Å². The van der Waals surface area contributed by atoms with Gasteiger partial charge in [-0.3, -0.25) is 4.79 Å². The highest BCUT2D eigenvalue weighted by Crippen LogP contribution is 2.55. The van der Waals surface area contributed by atoms with Crippen LogP contribution in [0.25, 0.3) is 0 Å². The second-order valence-corrected chi connectivity index (χ2v) is 6.18. The van der Waals surface area contributed by atoms with Crippen molar-refractivity contribution >= 4 is 52.2 Å². The van der Waals surface area contributed by atoms with Gasteiger partial charge in [-0.15, -0.1) is 0 Å².